The molecule has 0 saturated heterocycles. The summed E-state index contributed by atoms with van der Waals surface area (Å²) in [5.74, 6) is -1.03. The van der Waals surface area contributed by atoms with Crippen molar-refractivity contribution in [3.05, 3.63) is 84.1 Å². The zero-order valence-electron chi connectivity index (χ0n) is 22.6. The number of rotatable bonds is 14. The molecule has 210 valence electrons. The maximum absolute atomic E-state index is 13.7. The molecule has 9 heteroatoms. The first-order valence-electron chi connectivity index (χ1n) is 13.8. The summed E-state index contributed by atoms with van der Waals surface area (Å²) in [5.41, 5.74) is 13.9. The number of fused-ring (bicyclic) bond motifs is 2. The molecular formula is C31H38N6O3. The predicted molar refractivity (Wildman–Crippen MR) is 158 cm³/mol. The van der Waals surface area contributed by atoms with E-state index >= 15 is 0 Å². The topological polar surface area (TPSA) is 155 Å². The molecule has 1 aromatic heterocycles. The molecule has 9 nitrogen and oxygen atoms in total. The summed E-state index contributed by atoms with van der Waals surface area (Å²) in [4.78, 5) is 42.7. The molecule has 40 heavy (non-hydrogen) atoms. The quantitative estimate of drug-likeness (QED) is 0.135. The number of hydrogen-bond acceptors (Lipinski definition) is 5. The first-order valence-corrected chi connectivity index (χ1v) is 13.8. The molecule has 0 bridgehead atoms. The van der Waals surface area contributed by atoms with Gasteiger partial charge in [0.2, 0.25) is 17.7 Å². The van der Waals surface area contributed by atoms with Crippen LogP contribution in [0.3, 0.4) is 0 Å². The van der Waals surface area contributed by atoms with Gasteiger partial charge >= 0.3 is 0 Å². The van der Waals surface area contributed by atoms with E-state index in [1.165, 1.54) is 0 Å². The Bertz CT molecular complexity index is 1450. The van der Waals surface area contributed by atoms with Gasteiger partial charge < -0.3 is 32.4 Å². The van der Waals surface area contributed by atoms with Crippen LogP contribution in [0.15, 0.2) is 72.9 Å². The molecule has 0 aliphatic heterocycles. The largest absolute Gasteiger partial charge is 0.361 e. The maximum Gasteiger partial charge on any atom is 0.243 e. The van der Waals surface area contributed by atoms with Gasteiger partial charge in [0, 0.05) is 49.5 Å². The lowest BCUT2D eigenvalue weighted by Crippen LogP contribution is -2.55. The van der Waals surface area contributed by atoms with Crippen molar-refractivity contribution < 1.29 is 14.4 Å². The van der Waals surface area contributed by atoms with E-state index in [-0.39, 0.29) is 37.6 Å². The van der Waals surface area contributed by atoms with E-state index in [2.05, 4.69) is 20.9 Å². The summed E-state index contributed by atoms with van der Waals surface area (Å²) in [7, 11) is 0. The van der Waals surface area contributed by atoms with Gasteiger partial charge in [-0.3, -0.25) is 14.4 Å². The molecule has 0 radical (unpaired) electrons. The summed E-state index contributed by atoms with van der Waals surface area (Å²) < 4.78 is 0. The highest BCUT2D eigenvalue weighted by molar-refractivity contribution is 5.93. The van der Waals surface area contributed by atoms with Crippen molar-refractivity contribution in [3.8, 4) is 0 Å². The number of benzene rings is 3. The van der Waals surface area contributed by atoms with Crippen molar-refractivity contribution in [3.63, 3.8) is 0 Å². The highest BCUT2D eigenvalue weighted by Crippen LogP contribution is 2.20. The summed E-state index contributed by atoms with van der Waals surface area (Å²) in [6, 6.07) is 20.0. The average molecular weight is 543 g/mol. The number of aromatic amines is 1. The Morgan fingerprint density at radius 2 is 1.52 bits per heavy atom. The fourth-order valence-electron chi connectivity index (χ4n) is 4.81. The number of unbranched alkanes of at least 4 members (excludes halogenated alkanes) is 1. The minimum absolute atomic E-state index is 0.0991. The third kappa shape index (κ3) is 7.68. The summed E-state index contributed by atoms with van der Waals surface area (Å²) in [6.45, 7) is 1.18. The SMILES string of the molecule is NCCCCNC(=O)[C@@H](Cc1c[nH]c2ccccc12)NC(=O)[C@@H](Cc1ccc2ccccc2c1)NC(=O)CCN. The number of carbonyl (C=O) groups is 3. The van der Waals surface area contributed by atoms with Crippen LogP contribution in [0.25, 0.3) is 21.7 Å². The summed E-state index contributed by atoms with van der Waals surface area (Å²) >= 11 is 0. The monoisotopic (exact) mass is 542 g/mol. The van der Waals surface area contributed by atoms with Crippen molar-refractivity contribution in [1.82, 2.24) is 20.9 Å². The van der Waals surface area contributed by atoms with E-state index in [0.717, 1.165) is 45.6 Å². The van der Waals surface area contributed by atoms with Gasteiger partial charge in [0.05, 0.1) is 0 Å². The van der Waals surface area contributed by atoms with Crippen molar-refractivity contribution >= 4 is 39.4 Å². The van der Waals surface area contributed by atoms with Crippen LogP contribution in [0.2, 0.25) is 0 Å². The molecule has 0 fully saturated rings. The van der Waals surface area contributed by atoms with Crippen LogP contribution in [0.1, 0.15) is 30.4 Å². The Kier molecular flexibility index (Phi) is 10.3. The first-order chi connectivity index (χ1) is 19.5. The van der Waals surface area contributed by atoms with Crippen LogP contribution in [-0.2, 0) is 27.2 Å². The minimum Gasteiger partial charge on any atom is -0.361 e. The van der Waals surface area contributed by atoms with Crippen molar-refractivity contribution in [2.75, 3.05) is 19.6 Å². The van der Waals surface area contributed by atoms with Crippen LogP contribution in [0.4, 0.5) is 0 Å². The second-order valence-electron chi connectivity index (χ2n) is 9.96. The van der Waals surface area contributed by atoms with Crippen molar-refractivity contribution in [1.29, 1.82) is 0 Å². The van der Waals surface area contributed by atoms with Crippen LogP contribution < -0.4 is 27.4 Å². The molecule has 0 aliphatic carbocycles. The number of aromatic nitrogens is 1. The van der Waals surface area contributed by atoms with E-state index in [1.54, 1.807) is 0 Å². The third-order valence-electron chi connectivity index (χ3n) is 6.94. The van der Waals surface area contributed by atoms with Gasteiger partial charge in [-0.05, 0) is 47.4 Å². The second kappa shape index (κ2) is 14.3. The molecule has 0 spiro atoms. The number of amides is 3. The molecule has 4 rings (SSSR count). The Balaban J connectivity index is 1.55. The predicted octanol–water partition coefficient (Wildman–Crippen LogP) is 2.28. The van der Waals surface area contributed by atoms with E-state index in [4.69, 9.17) is 11.5 Å². The smallest absolute Gasteiger partial charge is 0.243 e. The van der Waals surface area contributed by atoms with E-state index < -0.39 is 18.0 Å². The van der Waals surface area contributed by atoms with Crippen molar-refractivity contribution in [2.24, 2.45) is 11.5 Å². The molecule has 0 aliphatic rings. The van der Waals surface area contributed by atoms with E-state index in [1.807, 2.05) is 72.9 Å². The lowest BCUT2D eigenvalue weighted by Gasteiger charge is -2.23. The van der Waals surface area contributed by atoms with Gasteiger partial charge in [-0.1, -0.05) is 60.7 Å². The second-order valence-corrected chi connectivity index (χ2v) is 9.96. The lowest BCUT2D eigenvalue weighted by atomic mass is 9.99. The molecule has 3 amide bonds. The molecule has 1 heterocycles. The number of nitrogens with one attached hydrogen (secondary N) is 4. The number of hydrogen-bond donors (Lipinski definition) is 6. The molecular weight excluding hydrogens is 504 g/mol. The Labute approximate surface area is 234 Å². The summed E-state index contributed by atoms with van der Waals surface area (Å²) in [5, 5.41) is 11.8. The molecule has 0 unspecified atom stereocenters. The average Bonchev–Trinajstić information content (AvgIpc) is 3.37. The van der Waals surface area contributed by atoms with Crippen LogP contribution in [-0.4, -0.2) is 54.4 Å². The van der Waals surface area contributed by atoms with Gasteiger partial charge in [0.15, 0.2) is 0 Å². The highest BCUT2D eigenvalue weighted by Gasteiger charge is 2.28. The molecule has 8 N–H and O–H groups in total. The summed E-state index contributed by atoms with van der Waals surface area (Å²) in [6.07, 6.45) is 4.06. The number of para-hydroxylation sites is 1. The van der Waals surface area contributed by atoms with Crippen molar-refractivity contribution in [2.45, 2.75) is 44.2 Å². The number of carbonyl (C=O) groups excluding carboxylic acids is 3. The fourth-order valence-corrected chi connectivity index (χ4v) is 4.81. The van der Waals surface area contributed by atoms with Gasteiger partial charge in [-0.25, -0.2) is 0 Å². The lowest BCUT2D eigenvalue weighted by molar-refractivity contribution is -0.132. The fraction of sp³-hybridized carbons (Fsp3) is 0.323. The Morgan fingerprint density at radius 3 is 2.33 bits per heavy atom. The number of H-pyrrole nitrogens is 1. The van der Waals surface area contributed by atoms with Gasteiger partial charge in [-0.2, -0.15) is 0 Å². The minimum atomic E-state index is -0.879. The first kappa shape index (κ1) is 28.8. The zero-order valence-corrected chi connectivity index (χ0v) is 22.6. The van der Waals surface area contributed by atoms with E-state index in [9.17, 15) is 14.4 Å². The molecule has 4 aromatic rings. The Morgan fingerprint density at radius 1 is 0.775 bits per heavy atom. The standard InChI is InChI=1S/C31H38N6O3/c32-14-5-6-16-34-30(39)28(19-24-20-35-26-10-4-3-9-25(24)26)37-31(40)27(36-29(38)13-15-33)18-21-11-12-22-7-1-2-8-23(22)17-21/h1-4,7-12,17,20,27-28,35H,5-6,13-16,18-19,32-33H2,(H,34,39)(H,36,38)(H,37,40)/t27-,28-/m1/s1. The van der Waals surface area contributed by atoms with Crippen LogP contribution in [0.5, 0.6) is 0 Å². The highest BCUT2D eigenvalue weighted by atomic mass is 16.2. The van der Waals surface area contributed by atoms with Gasteiger partial charge in [-0.15, -0.1) is 0 Å². The molecule has 3 aromatic carbocycles. The molecule has 2 atom stereocenters. The third-order valence-corrected chi connectivity index (χ3v) is 6.94. The maximum atomic E-state index is 13.7. The Hall–Kier alpha value is -4.21. The van der Waals surface area contributed by atoms with Gasteiger partial charge in [0.25, 0.3) is 0 Å². The van der Waals surface area contributed by atoms with Gasteiger partial charge in [0.1, 0.15) is 12.1 Å². The van der Waals surface area contributed by atoms with Crippen LogP contribution in [0, 0.1) is 0 Å². The normalized spacial score (nSPS) is 12.7. The zero-order chi connectivity index (χ0) is 28.3. The molecule has 0 saturated carbocycles. The van der Waals surface area contributed by atoms with E-state index in [0.29, 0.717) is 13.1 Å². The number of nitrogens with two attached hydrogens (primary N) is 2. The van der Waals surface area contributed by atoms with Crippen LogP contribution >= 0.6 is 0 Å².